The number of aromatic nitrogens is 1. The summed E-state index contributed by atoms with van der Waals surface area (Å²) in [7, 11) is 0. The van der Waals surface area contributed by atoms with Crippen LogP contribution in [-0.4, -0.2) is 52.2 Å². The van der Waals surface area contributed by atoms with Crippen LogP contribution in [0, 0.1) is 0 Å². The van der Waals surface area contributed by atoms with Gasteiger partial charge in [0.15, 0.2) is 11.4 Å². The molecule has 24 heavy (non-hydrogen) atoms. The zero-order chi connectivity index (χ0) is 16.8. The average Bonchev–Trinajstić information content (AvgIpc) is 3.14. The summed E-state index contributed by atoms with van der Waals surface area (Å²) in [4.78, 5) is 30.0. The molecule has 0 unspecified atom stereocenters. The van der Waals surface area contributed by atoms with Gasteiger partial charge in [-0.1, -0.05) is 13.3 Å². The Morgan fingerprint density at radius 1 is 1.33 bits per heavy atom. The van der Waals surface area contributed by atoms with E-state index < -0.39 is 0 Å². The van der Waals surface area contributed by atoms with Gasteiger partial charge in [0.05, 0.1) is 17.6 Å². The third-order valence-corrected chi connectivity index (χ3v) is 5.90. The van der Waals surface area contributed by atoms with E-state index in [9.17, 15) is 9.59 Å². The quantitative estimate of drug-likeness (QED) is 0.732. The van der Waals surface area contributed by atoms with Crippen LogP contribution in [0.4, 0.5) is 0 Å². The van der Waals surface area contributed by atoms with Gasteiger partial charge in [-0.25, -0.2) is 0 Å². The van der Waals surface area contributed by atoms with Gasteiger partial charge in [0.1, 0.15) is 6.17 Å². The van der Waals surface area contributed by atoms with Crippen molar-refractivity contribution in [1.29, 1.82) is 0 Å². The summed E-state index contributed by atoms with van der Waals surface area (Å²) in [5, 5.41) is 0. The first-order valence-electron chi connectivity index (χ1n) is 8.74. The Bertz CT molecular complexity index is 733. The van der Waals surface area contributed by atoms with Crippen molar-refractivity contribution >= 4 is 21.8 Å². The number of unbranched alkanes of at least 4 members (excludes halogenated alkanes) is 1. The fourth-order valence-electron chi connectivity index (χ4n) is 4.13. The van der Waals surface area contributed by atoms with Crippen molar-refractivity contribution in [2.24, 2.45) is 0 Å². The molecule has 0 radical (unpaired) electrons. The number of fused-ring (bicyclic) bond motifs is 4. The van der Waals surface area contributed by atoms with E-state index in [1.54, 1.807) is 6.20 Å². The Labute approximate surface area is 149 Å². The molecule has 4 rings (SSSR count). The number of pyridine rings is 1. The van der Waals surface area contributed by atoms with E-state index in [1.165, 1.54) is 6.42 Å². The number of nitrogens with zero attached hydrogens (tertiary/aromatic N) is 3. The van der Waals surface area contributed by atoms with E-state index in [0.717, 1.165) is 32.4 Å². The zero-order valence-corrected chi connectivity index (χ0v) is 15.4. The van der Waals surface area contributed by atoms with Crippen molar-refractivity contribution in [3.05, 3.63) is 26.6 Å². The molecule has 6 nitrogen and oxygen atoms in total. The topological polar surface area (TPSA) is 54.8 Å². The Morgan fingerprint density at radius 3 is 2.96 bits per heavy atom. The van der Waals surface area contributed by atoms with Gasteiger partial charge in [-0.3, -0.25) is 14.5 Å². The molecule has 2 fully saturated rings. The molecule has 2 atom stereocenters. The summed E-state index contributed by atoms with van der Waals surface area (Å²) in [5.41, 5.74) is 0.181. The molecule has 0 aliphatic carbocycles. The summed E-state index contributed by atoms with van der Waals surface area (Å²) in [6, 6.07) is 0.466. The van der Waals surface area contributed by atoms with Crippen molar-refractivity contribution in [3.8, 4) is 5.75 Å². The Hall–Kier alpha value is -1.34. The predicted molar refractivity (Wildman–Crippen MR) is 93.4 cm³/mol. The maximum absolute atomic E-state index is 13.1. The molecule has 0 aromatic carbocycles. The van der Waals surface area contributed by atoms with Gasteiger partial charge in [0, 0.05) is 25.3 Å². The summed E-state index contributed by atoms with van der Waals surface area (Å²) in [6.07, 6.45) is 6.05. The van der Waals surface area contributed by atoms with Crippen LogP contribution in [0.1, 0.15) is 43.1 Å². The lowest BCUT2D eigenvalue weighted by Crippen LogP contribution is -2.50. The molecule has 1 aromatic rings. The number of rotatable bonds is 4. The molecule has 4 heterocycles. The van der Waals surface area contributed by atoms with E-state index in [-0.39, 0.29) is 23.3 Å². The third kappa shape index (κ3) is 2.40. The van der Waals surface area contributed by atoms with Crippen molar-refractivity contribution in [2.75, 3.05) is 19.7 Å². The van der Waals surface area contributed by atoms with Crippen LogP contribution < -0.4 is 10.2 Å². The van der Waals surface area contributed by atoms with E-state index in [2.05, 4.69) is 27.8 Å². The fourth-order valence-corrected chi connectivity index (χ4v) is 4.56. The molecular weight excluding hydrogens is 374 g/mol. The molecule has 1 amide bonds. The van der Waals surface area contributed by atoms with E-state index in [4.69, 9.17) is 4.74 Å². The van der Waals surface area contributed by atoms with Crippen molar-refractivity contribution in [1.82, 2.24) is 14.4 Å². The highest BCUT2D eigenvalue weighted by molar-refractivity contribution is 9.10. The van der Waals surface area contributed by atoms with E-state index in [1.807, 2.05) is 9.47 Å². The SMILES string of the molecule is CCCCOc1c2n(cc(Br)c1=O)C[C@@H]1N(C[C@H]3CCCN31)C2=O. The second-order valence-electron chi connectivity index (χ2n) is 6.81. The van der Waals surface area contributed by atoms with Crippen LogP contribution in [0.15, 0.2) is 15.5 Å². The van der Waals surface area contributed by atoms with E-state index >= 15 is 0 Å². The number of hydrogen-bond acceptors (Lipinski definition) is 4. The van der Waals surface area contributed by atoms with Crippen LogP contribution in [0.2, 0.25) is 0 Å². The number of amides is 1. The summed E-state index contributed by atoms with van der Waals surface area (Å²) < 4.78 is 8.10. The molecule has 2 saturated heterocycles. The molecule has 3 aliphatic heterocycles. The maximum atomic E-state index is 13.1. The first-order chi connectivity index (χ1) is 11.6. The molecule has 0 spiro atoms. The lowest BCUT2D eigenvalue weighted by molar-refractivity contribution is 0.0512. The van der Waals surface area contributed by atoms with Crippen molar-refractivity contribution < 1.29 is 9.53 Å². The second kappa shape index (κ2) is 6.19. The minimum absolute atomic E-state index is 0.0725. The van der Waals surface area contributed by atoms with Gasteiger partial charge >= 0.3 is 0 Å². The van der Waals surface area contributed by atoms with Gasteiger partial charge in [0.2, 0.25) is 5.43 Å². The van der Waals surface area contributed by atoms with Crippen LogP contribution in [-0.2, 0) is 6.54 Å². The molecule has 1 aromatic heterocycles. The minimum Gasteiger partial charge on any atom is -0.487 e. The summed E-state index contributed by atoms with van der Waals surface area (Å²) in [5.74, 6) is 0.130. The van der Waals surface area contributed by atoms with Crippen molar-refractivity contribution in [3.63, 3.8) is 0 Å². The Balaban J connectivity index is 1.73. The molecule has 0 N–H and O–H groups in total. The standard InChI is InChI=1S/C17H22BrN3O3/c1-2-3-7-24-16-14-17(23)21-8-11-5-4-6-20(11)13(21)10-19(14)9-12(18)15(16)22/h9,11,13H,2-8,10H2,1H3/t11-,13+/m1/s1. The fraction of sp³-hybridized carbons (Fsp3) is 0.647. The van der Waals surface area contributed by atoms with Gasteiger partial charge in [-0.2, -0.15) is 0 Å². The highest BCUT2D eigenvalue weighted by Crippen LogP contribution is 2.35. The number of hydrogen-bond donors (Lipinski definition) is 0. The van der Waals surface area contributed by atoms with Gasteiger partial charge in [0.25, 0.3) is 5.91 Å². The highest BCUT2D eigenvalue weighted by atomic mass is 79.9. The van der Waals surface area contributed by atoms with E-state index in [0.29, 0.717) is 29.4 Å². The lowest BCUT2D eigenvalue weighted by Gasteiger charge is -2.36. The summed E-state index contributed by atoms with van der Waals surface area (Å²) in [6.45, 7) is 5.04. The number of carbonyl (C=O) groups is 1. The van der Waals surface area contributed by atoms with Gasteiger partial charge < -0.3 is 14.2 Å². The van der Waals surface area contributed by atoms with Crippen LogP contribution in [0.5, 0.6) is 5.75 Å². The molecule has 3 aliphatic rings. The second-order valence-corrected chi connectivity index (χ2v) is 7.66. The Kier molecular flexibility index (Phi) is 4.16. The van der Waals surface area contributed by atoms with Crippen LogP contribution in [0.3, 0.4) is 0 Å². The summed E-state index contributed by atoms with van der Waals surface area (Å²) >= 11 is 3.33. The maximum Gasteiger partial charge on any atom is 0.275 e. The van der Waals surface area contributed by atoms with Crippen LogP contribution >= 0.6 is 15.9 Å². The third-order valence-electron chi connectivity index (χ3n) is 5.34. The predicted octanol–water partition coefficient (Wildman–Crippen LogP) is 2.05. The monoisotopic (exact) mass is 395 g/mol. The largest absolute Gasteiger partial charge is 0.487 e. The number of carbonyl (C=O) groups excluding carboxylic acids is 1. The Morgan fingerprint density at radius 2 is 2.17 bits per heavy atom. The zero-order valence-electron chi connectivity index (χ0n) is 13.8. The normalized spacial score (nSPS) is 25.6. The first-order valence-corrected chi connectivity index (χ1v) is 9.53. The number of ether oxygens (including phenoxy) is 1. The molecular formula is C17H22BrN3O3. The molecule has 0 bridgehead atoms. The molecule has 7 heteroatoms. The number of halogens is 1. The first kappa shape index (κ1) is 16.1. The molecule has 130 valence electrons. The van der Waals surface area contributed by atoms with Crippen molar-refractivity contribution in [2.45, 2.75) is 51.4 Å². The van der Waals surface area contributed by atoms with Crippen LogP contribution in [0.25, 0.3) is 0 Å². The molecule has 0 saturated carbocycles. The minimum atomic E-state index is -0.233. The average molecular weight is 396 g/mol. The van der Waals surface area contributed by atoms with Gasteiger partial charge in [-0.05, 0) is 35.2 Å². The highest BCUT2D eigenvalue weighted by Gasteiger charge is 2.48. The van der Waals surface area contributed by atoms with Gasteiger partial charge in [-0.15, -0.1) is 0 Å². The smallest absolute Gasteiger partial charge is 0.275 e. The lowest BCUT2D eigenvalue weighted by atomic mass is 10.2.